The van der Waals surface area contributed by atoms with Crippen LogP contribution in [0.15, 0.2) is 36.4 Å². The van der Waals surface area contributed by atoms with Gasteiger partial charge in [0.15, 0.2) is 6.10 Å². The molecule has 5 nitrogen and oxygen atoms in total. The normalized spacial score (nSPS) is 11.9. The van der Waals surface area contributed by atoms with Crippen molar-refractivity contribution in [1.82, 2.24) is 5.32 Å². The summed E-state index contributed by atoms with van der Waals surface area (Å²) in [6, 6.07) is 8.62. The maximum atomic E-state index is 14.4. The van der Waals surface area contributed by atoms with E-state index in [2.05, 4.69) is 5.32 Å². The van der Waals surface area contributed by atoms with E-state index >= 15 is 0 Å². The Labute approximate surface area is 155 Å². The number of aliphatic carboxylic acids is 1. The van der Waals surface area contributed by atoms with Crippen LogP contribution in [-0.4, -0.2) is 29.1 Å². The second-order valence-corrected chi connectivity index (χ2v) is 6.50. The largest absolute Gasteiger partial charge is 0.479 e. The van der Waals surface area contributed by atoms with Crippen LogP contribution in [0.1, 0.15) is 31.1 Å². The molecule has 0 aliphatic heterocycles. The molecule has 0 bridgehead atoms. The van der Waals surface area contributed by atoms with Crippen molar-refractivity contribution < 1.29 is 23.8 Å². The number of amides is 1. The van der Waals surface area contributed by atoms with E-state index in [-0.39, 0.29) is 17.4 Å². The van der Waals surface area contributed by atoms with Gasteiger partial charge in [-0.2, -0.15) is 0 Å². The minimum absolute atomic E-state index is 0.0779. The van der Waals surface area contributed by atoms with Crippen LogP contribution in [0.25, 0.3) is 11.1 Å². The van der Waals surface area contributed by atoms with E-state index < -0.39 is 23.8 Å². The maximum absolute atomic E-state index is 14.4. The minimum atomic E-state index is -1.13. The van der Waals surface area contributed by atoms with Gasteiger partial charge in [0.05, 0.1) is 5.56 Å². The highest BCUT2D eigenvalue weighted by Gasteiger charge is 2.18. The smallest absolute Gasteiger partial charge is 0.344 e. The predicted octanol–water partition coefficient (Wildman–Crippen LogP) is 4.14. The third-order valence-electron chi connectivity index (χ3n) is 3.54. The maximum Gasteiger partial charge on any atom is 0.344 e. The van der Waals surface area contributed by atoms with Crippen LogP contribution in [0.5, 0.6) is 5.75 Å². The molecule has 0 aliphatic rings. The van der Waals surface area contributed by atoms with E-state index in [4.69, 9.17) is 21.4 Å². The second kappa shape index (κ2) is 8.19. The molecule has 26 heavy (non-hydrogen) atoms. The molecule has 138 valence electrons. The van der Waals surface area contributed by atoms with Crippen LogP contribution < -0.4 is 10.1 Å². The van der Waals surface area contributed by atoms with E-state index in [0.29, 0.717) is 16.1 Å². The molecule has 7 heteroatoms. The van der Waals surface area contributed by atoms with Gasteiger partial charge in [-0.1, -0.05) is 17.7 Å². The molecule has 0 spiro atoms. The number of carbonyl (C=O) groups is 2. The number of carboxylic acid groups (broad SMARTS) is 1. The van der Waals surface area contributed by atoms with Crippen molar-refractivity contribution in [3.05, 3.63) is 52.8 Å². The molecule has 0 aromatic heterocycles. The Balaban J connectivity index is 2.42. The van der Waals surface area contributed by atoms with Crippen molar-refractivity contribution in [2.45, 2.75) is 32.9 Å². The summed E-state index contributed by atoms with van der Waals surface area (Å²) in [6.07, 6.45) is -1.09. The summed E-state index contributed by atoms with van der Waals surface area (Å²) in [5.41, 5.74) is 0.768. The molecule has 1 amide bonds. The molecule has 0 unspecified atom stereocenters. The molecule has 0 radical (unpaired) electrons. The Hall–Kier alpha value is -2.60. The monoisotopic (exact) mass is 379 g/mol. The second-order valence-electron chi connectivity index (χ2n) is 6.06. The van der Waals surface area contributed by atoms with Crippen LogP contribution in [0.2, 0.25) is 5.02 Å². The van der Waals surface area contributed by atoms with Crippen molar-refractivity contribution in [2.24, 2.45) is 0 Å². The highest BCUT2D eigenvalue weighted by molar-refractivity contribution is 6.31. The summed E-state index contributed by atoms with van der Waals surface area (Å²) >= 11 is 6.01. The first-order valence-electron chi connectivity index (χ1n) is 7.99. The molecule has 0 saturated carbocycles. The SMILES string of the molecule is CC(C)NC(=O)c1ccc(-c2cc(Cl)ccc2O[C@@H](C)C(=O)O)cc1F. The average Bonchev–Trinajstić information content (AvgIpc) is 2.55. The number of halogens is 2. The highest BCUT2D eigenvalue weighted by Crippen LogP contribution is 2.34. The number of carboxylic acids is 1. The van der Waals surface area contributed by atoms with Crippen LogP contribution in [0, 0.1) is 5.82 Å². The van der Waals surface area contributed by atoms with Crippen LogP contribution in [0.3, 0.4) is 0 Å². The molecule has 0 aliphatic carbocycles. The summed E-state index contributed by atoms with van der Waals surface area (Å²) < 4.78 is 19.9. The fourth-order valence-corrected chi connectivity index (χ4v) is 2.45. The van der Waals surface area contributed by atoms with Crippen molar-refractivity contribution in [2.75, 3.05) is 0 Å². The number of carbonyl (C=O) groups excluding carboxylic acids is 1. The number of ether oxygens (including phenoxy) is 1. The van der Waals surface area contributed by atoms with E-state index in [9.17, 15) is 14.0 Å². The van der Waals surface area contributed by atoms with E-state index in [1.54, 1.807) is 32.0 Å². The molecule has 0 saturated heterocycles. The van der Waals surface area contributed by atoms with Crippen molar-refractivity contribution >= 4 is 23.5 Å². The average molecular weight is 380 g/mol. The summed E-state index contributed by atoms with van der Waals surface area (Å²) in [7, 11) is 0. The van der Waals surface area contributed by atoms with Gasteiger partial charge in [0.2, 0.25) is 0 Å². The van der Waals surface area contributed by atoms with Crippen molar-refractivity contribution in [1.29, 1.82) is 0 Å². The predicted molar refractivity (Wildman–Crippen MR) is 97.2 cm³/mol. The number of rotatable bonds is 6. The number of hydrogen-bond acceptors (Lipinski definition) is 3. The van der Waals surface area contributed by atoms with Crippen LogP contribution in [-0.2, 0) is 4.79 Å². The van der Waals surface area contributed by atoms with Crippen LogP contribution >= 0.6 is 11.6 Å². The zero-order valence-electron chi connectivity index (χ0n) is 14.5. The topological polar surface area (TPSA) is 75.6 Å². The highest BCUT2D eigenvalue weighted by atomic mass is 35.5. The number of nitrogens with one attached hydrogen (secondary N) is 1. The van der Waals surface area contributed by atoms with Crippen LogP contribution in [0.4, 0.5) is 4.39 Å². The lowest BCUT2D eigenvalue weighted by Gasteiger charge is -2.16. The van der Waals surface area contributed by atoms with Gasteiger partial charge in [-0.3, -0.25) is 4.79 Å². The Morgan fingerprint density at radius 1 is 1.15 bits per heavy atom. The fraction of sp³-hybridized carbons (Fsp3) is 0.263. The van der Waals surface area contributed by atoms with Gasteiger partial charge >= 0.3 is 5.97 Å². The lowest BCUT2D eigenvalue weighted by Crippen LogP contribution is -2.30. The minimum Gasteiger partial charge on any atom is -0.479 e. The molecule has 1 atom stereocenters. The van der Waals surface area contributed by atoms with E-state index in [1.807, 2.05) is 0 Å². The first-order chi connectivity index (χ1) is 12.2. The van der Waals surface area contributed by atoms with Gasteiger partial charge < -0.3 is 15.2 Å². The summed E-state index contributed by atoms with van der Waals surface area (Å²) in [6.45, 7) is 4.95. The standard InChI is InChI=1S/C19H19ClFNO4/c1-10(2)22-18(23)14-6-4-12(8-16(14)21)15-9-13(20)5-7-17(15)26-11(3)19(24)25/h4-11H,1-3H3,(H,22,23)(H,24,25)/t11-/m0/s1. The summed E-state index contributed by atoms with van der Waals surface area (Å²) in [5, 5.41) is 12.0. The molecule has 2 aromatic rings. The Morgan fingerprint density at radius 3 is 2.42 bits per heavy atom. The fourth-order valence-electron chi connectivity index (χ4n) is 2.28. The quantitative estimate of drug-likeness (QED) is 0.791. The van der Waals surface area contributed by atoms with Gasteiger partial charge in [-0.25, -0.2) is 9.18 Å². The third-order valence-corrected chi connectivity index (χ3v) is 3.77. The molecule has 0 heterocycles. The first-order valence-corrected chi connectivity index (χ1v) is 8.36. The molecule has 0 fully saturated rings. The molecular weight excluding hydrogens is 361 g/mol. The zero-order chi connectivity index (χ0) is 19.4. The third kappa shape index (κ3) is 4.73. The molecular formula is C19H19ClFNO4. The summed E-state index contributed by atoms with van der Waals surface area (Å²) in [4.78, 5) is 23.0. The van der Waals surface area contributed by atoms with E-state index in [1.165, 1.54) is 25.1 Å². The molecule has 2 N–H and O–H groups in total. The van der Waals surface area contributed by atoms with Gasteiger partial charge in [-0.15, -0.1) is 0 Å². The lowest BCUT2D eigenvalue weighted by atomic mass is 10.0. The van der Waals surface area contributed by atoms with Crippen molar-refractivity contribution in [3.63, 3.8) is 0 Å². The molecule has 2 rings (SSSR count). The van der Waals surface area contributed by atoms with Gasteiger partial charge in [0.1, 0.15) is 11.6 Å². The number of hydrogen-bond donors (Lipinski definition) is 2. The van der Waals surface area contributed by atoms with Gasteiger partial charge in [0, 0.05) is 16.6 Å². The van der Waals surface area contributed by atoms with Gasteiger partial charge in [-0.05, 0) is 56.7 Å². The zero-order valence-corrected chi connectivity index (χ0v) is 15.3. The van der Waals surface area contributed by atoms with E-state index in [0.717, 1.165) is 0 Å². The lowest BCUT2D eigenvalue weighted by molar-refractivity contribution is -0.144. The Bertz CT molecular complexity index is 838. The van der Waals surface area contributed by atoms with Crippen molar-refractivity contribution in [3.8, 4) is 16.9 Å². The first kappa shape index (κ1) is 19.7. The Kier molecular flexibility index (Phi) is 6.21. The Morgan fingerprint density at radius 2 is 1.85 bits per heavy atom. The van der Waals surface area contributed by atoms with Gasteiger partial charge in [0.25, 0.3) is 5.91 Å². The summed E-state index contributed by atoms with van der Waals surface area (Å²) in [5.74, 6) is -2.08. The number of benzene rings is 2. The molecule has 2 aromatic carbocycles.